The van der Waals surface area contributed by atoms with Crippen LogP contribution in [0.1, 0.15) is 26.3 Å². The standard InChI is InChI=1S/C14H21BrN2O2/c1-9(2)17-14(18)10(3)16-8-11-5-6-13(19-4)12(15)7-11/h5-7,9-10,16H,8H2,1-4H3,(H,17,18). The number of carbonyl (C=O) groups is 1. The number of nitrogens with one attached hydrogen (secondary N) is 2. The Bertz CT molecular complexity index is 435. The number of amides is 1. The minimum Gasteiger partial charge on any atom is -0.496 e. The van der Waals surface area contributed by atoms with Crippen molar-refractivity contribution in [2.75, 3.05) is 7.11 Å². The maximum absolute atomic E-state index is 11.7. The Morgan fingerprint density at radius 2 is 2.05 bits per heavy atom. The average Bonchev–Trinajstić information content (AvgIpc) is 2.35. The van der Waals surface area contributed by atoms with Crippen LogP contribution in [0, 0.1) is 0 Å². The van der Waals surface area contributed by atoms with E-state index >= 15 is 0 Å². The molecule has 0 aliphatic heterocycles. The molecule has 0 bridgehead atoms. The molecule has 1 unspecified atom stereocenters. The largest absolute Gasteiger partial charge is 0.496 e. The molecule has 0 aliphatic carbocycles. The molecule has 4 nitrogen and oxygen atoms in total. The Morgan fingerprint density at radius 3 is 2.58 bits per heavy atom. The van der Waals surface area contributed by atoms with Crippen LogP contribution in [0.5, 0.6) is 5.75 Å². The fourth-order valence-electron chi connectivity index (χ4n) is 1.59. The van der Waals surface area contributed by atoms with Crippen LogP contribution in [-0.2, 0) is 11.3 Å². The Morgan fingerprint density at radius 1 is 1.37 bits per heavy atom. The van der Waals surface area contributed by atoms with Gasteiger partial charge in [-0.25, -0.2) is 0 Å². The van der Waals surface area contributed by atoms with Crippen LogP contribution < -0.4 is 15.4 Å². The van der Waals surface area contributed by atoms with Crippen LogP contribution in [0.2, 0.25) is 0 Å². The number of halogens is 1. The van der Waals surface area contributed by atoms with Gasteiger partial charge in [0.25, 0.3) is 0 Å². The highest BCUT2D eigenvalue weighted by molar-refractivity contribution is 9.10. The molecular weight excluding hydrogens is 308 g/mol. The molecule has 0 radical (unpaired) electrons. The van der Waals surface area contributed by atoms with E-state index in [2.05, 4.69) is 26.6 Å². The lowest BCUT2D eigenvalue weighted by molar-refractivity contribution is -0.123. The van der Waals surface area contributed by atoms with Crippen molar-refractivity contribution in [3.05, 3.63) is 28.2 Å². The minimum absolute atomic E-state index is 0.0163. The van der Waals surface area contributed by atoms with Gasteiger partial charge >= 0.3 is 0 Å². The summed E-state index contributed by atoms with van der Waals surface area (Å²) >= 11 is 3.44. The van der Waals surface area contributed by atoms with E-state index in [9.17, 15) is 4.79 Å². The van der Waals surface area contributed by atoms with Gasteiger partial charge in [-0.1, -0.05) is 6.07 Å². The summed E-state index contributed by atoms with van der Waals surface area (Å²) in [6.07, 6.45) is 0. The maximum Gasteiger partial charge on any atom is 0.237 e. The van der Waals surface area contributed by atoms with Gasteiger partial charge < -0.3 is 15.4 Å². The van der Waals surface area contributed by atoms with E-state index in [0.29, 0.717) is 6.54 Å². The average molecular weight is 329 g/mol. The molecule has 1 aromatic carbocycles. The van der Waals surface area contributed by atoms with Crippen LogP contribution >= 0.6 is 15.9 Å². The van der Waals surface area contributed by atoms with Gasteiger partial charge in [0.15, 0.2) is 0 Å². The summed E-state index contributed by atoms with van der Waals surface area (Å²) in [5.74, 6) is 0.817. The van der Waals surface area contributed by atoms with E-state index in [1.807, 2.05) is 39.0 Å². The monoisotopic (exact) mass is 328 g/mol. The van der Waals surface area contributed by atoms with Gasteiger partial charge in [-0.3, -0.25) is 4.79 Å². The number of methoxy groups -OCH3 is 1. The number of benzene rings is 1. The van der Waals surface area contributed by atoms with Crippen molar-refractivity contribution in [1.82, 2.24) is 10.6 Å². The molecule has 0 fully saturated rings. The highest BCUT2D eigenvalue weighted by Gasteiger charge is 2.12. The lowest BCUT2D eigenvalue weighted by atomic mass is 10.2. The first kappa shape index (κ1) is 16.0. The highest BCUT2D eigenvalue weighted by Crippen LogP contribution is 2.25. The van der Waals surface area contributed by atoms with Crippen molar-refractivity contribution in [2.45, 2.75) is 39.4 Å². The van der Waals surface area contributed by atoms with E-state index in [4.69, 9.17) is 4.74 Å². The van der Waals surface area contributed by atoms with Crippen molar-refractivity contribution in [2.24, 2.45) is 0 Å². The molecule has 106 valence electrons. The number of rotatable bonds is 6. The highest BCUT2D eigenvalue weighted by atomic mass is 79.9. The molecule has 19 heavy (non-hydrogen) atoms. The molecule has 1 atom stereocenters. The summed E-state index contributed by atoms with van der Waals surface area (Å²) in [5, 5.41) is 6.07. The van der Waals surface area contributed by atoms with Crippen LogP contribution in [0.4, 0.5) is 0 Å². The minimum atomic E-state index is -0.219. The lowest BCUT2D eigenvalue weighted by Gasteiger charge is -2.16. The lowest BCUT2D eigenvalue weighted by Crippen LogP contribution is -2.44. The van der Waals surface area contributed by atoms with E-state index in [-0.39, 0.29) is 18.0 Å². The maximum atomic E-state index is 11.7. The second-order valence-corrected chi connectivity index (χ2v) is 5.59. The number of hydrogen-bond acceptors (Lipinski definition) is 3. The smallest absolute Gasteiger partial charge is 0.237 e. The zero-order chi connectivity index (χ0) is 14.4. The van der Waals surface area contributed by atoms with Crippen LogP contribution in [0.15, 0.2) is 22.7 Å². The van der Waals surface area contributed by atoms with Gasteiger partial charge in [-0.15, -0.1) is 0 Å². The SMILES string of the molecule is COc1ccc(CNC(C)C(=O)NC(C)C)cc1Br. The van der Waals surface area contributed by atoms with Crippen molar-refractivity contribution < 1.29 is 9.53 Å². The molecular formula is C14H21BrN2O2. The third-order valence-corrected chi connectivity index (χ3v) is 3.27. The molecule has 2 N–H and O–H groups in total. The quantitative estimate of drug-likeness (QED) is 0.843. The fourth-order valence-corrected chi connectivity index (χ4v) is 2.18. The molecule has 0 saturated carbocycles. The summed E-state index contributed by atoms with van der Waals surface area (Å²) in [5.41, 5.74) is 1.09. The van der Waals surface area contributed by atoms with Crippen molar-refractivity contribution in [3.63, 3.8) is 0 Å². The first-order valence-electron chi connectivity index (χ1n) is 6.30. The molecule has 5 heteroatoms. The summed E-state index contributed by atoms with van der Waals surface area (Å²) in [6.45, 7) is 6.39. The van der Waals surface area contributed by atoms with Crippen molar-refractivity contribution >= 4 is 21.8 Å². The van der Waals surface area contributed by atoms with Gasteiger partial charge in [-0.2, -0.15) is 0 Å². The topological polar surface area (TPSA) is 50.4 Å². The van der Waals surface area contributed by atoms with E-state index < -0.39 is 0 Å². The van der Waals surface area contributed by atoms with E-state index in [1.54, 1.807) is 7.11 Å². The first-order chi connectivity index (χ1) is 8.93. The summed E-state index contributed by atoms with van der Waals surface area (Å²) < 4.78 is 6.09. The molecule has 1 aromatic rings. The Kier molecular flexibility index (Phi) is 6.31. The predicted molar refractivity (Wildman–Crippen MR) is 80.3 cm³/mol. The van der Waals surface area contributed by atoms with Gasteiger partial charge in [-0.05, 0) is 54.4 Å². The zero-order valence-corrected chi connectivity index (χ0v) is 13.4. The normalized spacial score (nSPS) is 12.3. The van der Waals surface area contributed by atoms with Crippen LogP contribution in [-0.4, -0.2) is 25.1 Å². The van der Waals surface area contributed by atoms with Gasteiger partial charge in [0, 0.05) is 12.6 Å². The number of carbonyl (C=O) groups excluding carboxylic acids is 1. The van der Waals surface area contributed by atoms with Crippen molar-refractivity contribution in [1.29, 1.82) is 0 Å². The van der Waals surface area contributed by atoms with Crippen LogP contribution in [0.3, 0.4) is 0 Å². The van der Waals surface area contributed by atoms with E-state index in [1.165, 1.54) is 0 Å². The molecule has 0 aromatic heterocycles. The van der Waals surface area contributed by atoms with Gasteiger partial charge in [0.2, 0.25) is 5.91 Å². The third-order valence-electron chi connectivity index (χ3n) is 2.65. The first-order valence-corrected chi connectivity index (χ1v) is 7.09. The summed E-state index contributed by atoms with van der Waals surface area (Å²) in [6, 6.07) is 5.80. The molecule has 1 rings (SSSR count). The fraction of sp³-hybridized carbons (Fsp3) is 0.500. The second kappa shape index (κ2) is 7.50. The zero-order valence-electron chi connectivity index (χ0n) is 11.8. The van der Waals surface area contributed by atoms with Gasteiger partial charge in [0.05, 0.1) is 17.6 Å². The second-order valence-electron chi connectivity index (χ2n) is 4.73. The van der Waals surface area contributed by atoms with Crippen molar-refractivity contribution in [3.8, 4) is 5.75 Å². The third kappa shape index (κ3) is 5.20. The number of hydrogen-bond donors (Lipinski definition) is 2. The predicted octanol–water partition coefficient (Wildman–Crippen LogP) is 2.46. The van der Waals surface area contributed by atoms with Gasteiger partial charge in [0.1, 0.15) is 5.75 Å². The molecule has 0 saturated heterocycles. The Hall–Kier alpha value is -1.07. The summed E-state index contributed by atoms with van der Waals surface area (Å²) in [7, 11) is 1.64. The Balaban J connectivity index is 2.52. The van der Waals surface area contributed by atoms with Crippen LogP contribution in [0.25, 0.3) is 0 Å². The number of ether oxygens (including phenoxy) is 1. The molecule has 0 heterocycles. The summed E-state index contributed by atoms with van der Waals surface area (Å²) in [4.78, 5) is 11.7. The molecule has 1 amide bonds. The van der Waals surface area contributed by atoms with E-state index in [0.717, 1.165) is 15.8 Å². The molecule has 0 spiro atoms. The molecule has 0 aliphatic rings. The Labute approximate surface area is 123 Å².